The second kappa shape index (κ2) is 7.02. The maximum atomic E-state index is 6.38. The van der Waals surface area contributed by atoms with Crippen LogP contribution < -0.4 is 10.6 Å². The SMILES string of the molecule is CN(C)CC(N)c1nc(N2CCc3ccccc3C2)c2ccccc2n1. The predicted octanol–water partition coefficient (Wildman–Crippen LogP) is 2.75. The molecule has 5 heteroatoms. The molecule has 134 valence electrons. The summed E-state index contributed by atoms with van der Waals surface area (Å²) >= 11 is 0. The van der Waals surface area contributed by atoms with E-state index in [1.165, 1.54) is 11.1 Å². The number of rotatable bonds is 4. The number of fused-ring (bicyclic) bond motifs is 2. The highest BCUT2D eigenvalue weighted by molar-refractivity contribution is 5.89. The largest absolute Gasteiger partial charge is 0.351 e. The molecule has 5 nitrogen and oxygen atoms in total. The van der Waals surface area contributed by atoms with E-state index in [0.29, 0.717) is 5.82 Å². The van der Waals surface area contributed by atoms with Crippen LogP contribution in [0.3, 0.4) is 0 Å². The quantitative estimate of drug-likeness (QED) is 0.786. The zero-order valence-electron chi connectivity index (χ0n) is 15.4. The van der Waals surface area contributed by atoms with Gasteiger partial charge in [-0.25, -0.2) is 9.97 Å². The average Bonchev–Trinajstić information content (AvgIpc) is 2.66. The van der Waals surface area contributed by atoms with Crippen molar-refractivity contribution in [2.45, 2.75) is 19.0 Å². The van der Waals surface area contributed by atoms with Crippen molar-refractivity contribution in [1.82, 2.24) is 14.9 Å². The number of likely N-dealkylation sites (N-methyl/N-ethyl adjacent to an activating group) is 1. The molecule has 0 saturated heterocycles. The zero-order chi connectivity index (χ0) is 18.1. The van der Waals surface area contributed by atoms with Crippen molar-refractivity contribution in [3.63, 3.8) is 0 Å². The van der Waals surface area contributed by atoms with Gasteiger partial charge in [0, 0.05) is 25.0 Å². The van der Waals surface area contributed by atoms with E-state index in [1.807, 2.05) is 32.3 Å². The molecule has 4 rings (SSSR count). The van der Waals surface area contributed by atoms with Gasteiger partial charge in [0.15, 0.2) is 0 Å². The van der Waals surface area contributed by atoms with Crippen molar-refractivity contribution >= 4 is 16.7 Å². The fourth-order valence-corrected chi connectivity index (χ4v) is 3.64. The van der Waals surface area contributed by atoms with Crippen LogP contribution in [0.2, 0.25) is 0 Å². The second-order valence-corrected chi connectivity index (χ2v) is 7.23. The predicted molar refractivity (Wildman–Crippen MR) is 106 cm³/mol. The van der Waals surface area contributed by atoms with Gasteiger partial charge in [-0.1, -0.05) is 36.4 Å². The van der Waals surface area contributed by atoms with Gasteiger partial charge in [0.25, 0.3) is 0 Å². The fourth-order valence-electron chi connectivity index (χ4n) is 3.64. The maximum absolute atomic E-state index is 6.38. The Morgan fingerprint density at radius 2 is 1.77 bits per heavy atom. The highest BCUT2D eigenvalue weighted by Crippen LogP contribution is 2.29. The van der Waals surface area contributed by atoms with Crippen LogP contribution in [-0.4, -0.2) is 42.1 Å². The molecule has 0 fully saturated rings. The Bertz CT molecular complexity index is 921. The molecule has 3 aromatic rings. The van der Waals surface area contributed by atoms with Gasteiger partial charge in [-0.15, -0.1) is 0 Å². The van der Waals surface area contributed by atoms with Gasteiger partial charge in [-0.05, 0) is 43.8 Å². The Hall–Kier alpha value is -2.50. The van der Waals surface area contributed by atoms with Crippen LogP contribution in [0.15, 0.2) is 48.5 Å². The number of hydrogen-bond acceptors (Lipinski definition) is 5. The molecule has 0 amide bonds. The van der Waals surface area contributed by atoms with Crippen LogP contribution in [0.4, 0.5) is 5.82 Å². The molecule has 2 N–H and O–H groups in total. The molecule has 0 spiro atoms. The summed E-state index contributed by atoms with van der Waals surface area (Å²) in [4.78, 5) is 14.1. The minimum Gasteiger partial charge on any atom is -0.351 e. The Morgan fingerprint density at radius 3 is 2.58 bits per heavy atom. The molecule has 0 bridgehead atoms. The van der Waals surface area contributed by atoms with Crippen molar-refractivity contribution < 1.29 is 0 Å². The van der Waals surface area contributed by atoms with Crippen LogP contribution in [0, 0.1) is 0 Å². The number of hydrogen-bond donors (Lipinski definition) is 1. The van der Waals surface area contributed by atoms with Crippen LogP contribution >= 0.6 is 0 Å². The second-order valence-electron chi connectivity index (χ2n) is 7.23. The lowest BCUT2D eigenvalue weighted by molar-refractivity contribution is 0.370. The van der Waals surface area contributed by atoms with Gasteiger partial charge in [0.05, 0.1) is 11.6 Å². The van der Waals surface area contributed by atoms with Gasteiger partial charge in [0.1, 0.15) is 11.6 Å². The van der Waals surface area contributed by atoms with E-state index in [-0.39, 0.29) is 6.04 Å². The maximum Gasteiger partial charge on any atom is 0.149 e. The molecule has 1 atom stereocenters. The molecular weight excluding hydrogens is 322 g/mol. The Morgan fingerprint density at radius 1 is 1.04 bits per heavy atom. The van der Waals surface area contributed by atoms with E-state index in [2.05, 4.69) is 40.1 Å². The number of nitrogens with zero attached hydrogens (tertiary/aromatic N) is 4. The van der Waals surface area contributed by atoms with Gasteiger partial charge < -0.3 is 15.5 Å². The first kappa shape index (κ1) is 16.9. The van der Waals surface area contributed by atoms with Crippen LogP contribution in [-0.2, 0) is 13.0 Å². The molecule has 26 heavy (non-hydrogen) atoms. The lowest BCUT2D eigenvalue weighted by atomic mass is 9.99. The third-order valence-electron chi connectivity index (χ3n) is 4.92. The number of benzene rings is 2. The van der Waals surface area contributed by atoms with Crippen molar-refractivity contribution in [2.75, 3.05) is 32.1 Å². The molecule has 1 aliphatic heterocycles. The molecule has 1 unspecified atom stereocenters. The number of aromatic nitrogens is 2. The third-order valence-corrected chi connectivity index (χ3v) is 4.92. The first-order valence-electron chi connectivity index (χ1n) is 9.10. The zero-order valence-corrected chi connectivity index (χ0v) is 15.4. The minimum absolute atomic E-state index is 0.203. The molecule has 0 radical (unpaired) electrons. The van der Waals surface area contributed by atoms with Crippen LogP contribution in [0.5, 0.6) is 0 Å². The first-order chi connectivity index (χ1) is 12.6. The number of para-hydroxylation sites is 1. The summed E-state index contributed by atoms with van der Waals surface area (Å²) in [7, 11) is 4.03. The van der Waals surface area contributed by atoms with Gasteiger partial charge in [-0.2, -0.15) is 0 Å². The van der Waals surface area contributed by atoms with Gasteiger partial charge in [-0.3, -0.25) is 0 Å². The van der Waals surface area contributed by atoms with E-state index < -0.39 is 0 Å². The number of anilines is 1. The standard InChI is InChI=1S/C21H25N5/c1-25(2)14-18(22)20-23-19-10-6-5-9-17(19)21(24-20)26-12-11-15-7-3-4-8-16(15)13-26/h3-10,18H,11-14,22H2,1-2H3. The smallest absolute Gasteiger partial charge is 0.149 e. The first-order valence-corrected chi connectivity index (χ1v) is 9.10. The normalized spacial score (nSPS) is 15.3. The van der Waals surface area contributed by atoms with Crippen molar-refractivity contribution in [2.24, 2.45) is 5.73 Å². The fraction of sp³-hybridized carbons (Fsp3) is 0.333. The highest BCUT2D eigenvalue weighted by atomic mass is 15.2. The van der Waals surface area contributed by atoms with Crippen LogP contribution in [0.25, 0.3) is 10.9 Å². The highest BCUT2D eigenvalue weighted by Gasteiger charge is 2.21. The van der Waals surface area contributed by atoms with E-state index in [9.17, 15) is 0 Å². The topological polar surface area (TPSA) is 58.3 Å². The monoisotopic (exact) mass is 347 g/mol. The molecule has 1 aromatic heterocycles. The molecule has 2 heterocycles. The minimum atomic E-state index is -0.203. The average molecular weight is 347 g/mol. The molecular formula is C21H25N5. The lowest BCUT2D eigenvalue weighted by Crippen LogP contribution is -2.32. The number of nitrogens with two attached hydrogens (primary N) is 1. The van der Waals surface area contributed by atoms with Crippen molar-refractivity contribution in [3.8, 4) is 0 Å². The van der Waals surface area contributed by atoms with Crippen LogP contribution in [0.1, 0.15) is 23.0 Å². The molecule has 0 saturated carbocycles. The van der Waals surface area contributed by atoms with E-state index >= 15 is 0 Å². The Labute approximate surface area is 154 Å². The van der Waals surface area contributed by atoms with Crippen molar-refractivity contribution in [3.05, 3.63) is 65.5 Å². The molecule has 0 aliphatic carbocycles. The van der Waals surface area contributed by atoms with E-state index in [1.54, 1.807) is 0 Å². The van der Waals surface area contributed by atoms with E-state index in [0.717, 1.165) is 42.8 Å². The molecule has 1 aliphatic rings. The van der Waals surface area contributed by atoms with Gasteiger partial charge in [0.2, 0.25) is 0 Å². The van der Waals surface area contributed by atoms with E-state index in [4.69, 9.17) is 15.7 Å². The Balaban J connectivity index is 1.76. The van der Waals surface area contributed by atoms with Gasteiger partial charge >= 0.3 is 0 Å². The Kier molecular flexibility index (Phi) is 4.57. The summed E-state index contributed by atoms with van der Waals surface area (Å²) in [6, 6.07) is 16.7. The summed E-state index contributed by atoms with van der Waals surface area (Å²) in [6.45, 7) is 2.56. The third kappa shape index (κ3) is 3.28. The summed E-state index contributed by atoms with van der Waals surface area (Å²) in [5.41, 5.74) is 10.1. The molecule has 2 aromatic carbocycles. The summed E-state index contributed by atoms with van der Waals surface area (Å²) in [5, 5.41) is 1.09. The summed E-state index contributed by atoms with van der Waals surface area (Å²) in [6.07, 6.45) is 1.04. The lowest BCUT2D eigenvalue weighted by Gasteiger charge is -2.31. The summed E-state index contributed by atoms with van der Waals surface area (Å²) in [5.74, 6) is 1.71. The van der Waals surface area contributed by atoms with Crippen molar-refractivity contribution in [1.29, 1.82) is 0 Å². The summed E-state index contributed by atoms with van der Waals surface area (Å²) < 4.78 is 0.